The molecular weight excluding hydrogens is 284 g/mol. The van der Waals surface area contributed by atoms with Crippen LogP contribution in [-0.4, -0.2) is 39.9 Å². The molecule has 0 spiro atoms. The molecule has 0 saturated carbocycles. The molecule has 0 radical (unpaired) electrons. The van der Waals surface area contributed by atoms with Gasteiger partial charge in [-0.1, -0.05) is 12.1 Å². The van der Waals surface area contributed by atoms with Crippen molar-refractivity contribution in [2.75, 3.05) is 19.7 Å². The summed E-state index contributed by atoms with van der Waals surface area (Å²) >= 11 is 0. The van der Waals surface area contributed by atoms with Crippen LogP contribution in [0, 0.1) is 0 Å². The van der Waals surface area contributed by atoms with E-state index in [-0.39, 0.29) is 30.4 Å². The Labute approximate surface area is 116 Å². The number of rotatable bonds is 5. The first-order chi connectivity index (χ1) is 9.54. The van der Waals surface area contributed by atoms with E-state index in [1.54, 1.807) is 18.2 Å². The zero-order valence-electron chi connectivity index (χ0n) is 10.5. The van der Waals surface area contributed by atoms with Gasteiger partial charge < -0.3 is 4.74 Å². The summed E-state index contributed by atoms with van der Waals surface area (Å²) in [7, 11) is -3.53. The van der Waals surface area contributed by atoms with E-state index in [2.05, 4.69) is 15.1 Å². The van der Waals surface area contributed by atoms with Crippen LogP contribution < -0.4 is 16.0 Å². The second kappa shape index (κ2) is 5.99. The summed E-state index contributed by atoms with van der Waals surface area (Å²) in [6, 6.07) is 6.54. The Hall–Kier alpha value is -1.97. The van der Waals surface area contributed by atoms with Crippen LogP contribution in [0.3, 0.4) is 0 Å². The van der Waals surface area contributed by atoms with Gasteiger partial charge >= 0.3 is 5.97 Å². The highest BCUT2D eigenvalue weighted by Gasteiger charge is 2.29. The van der Waals surface area contributed by atoms with Crippen molar-refractivity contribution in [3.8, 4) is 0 Å². The fourth-order valence-electron chi connectivity index (χ4n) is 1.70. The van der Waals surface area contributed by atoms with Gasteiger partial charge in [0, 0.05) is 5.56 Å². The number of amidine groups is 1. The number of nitrogens with zero attached hydrogens (tertiary/aromatic N) is 1. The van der Waals surface area contributed by atoms with Crippen molar-refractivity contribution in [3.63, 3.8) is 0 Å². The molecule has 1 aromatic rings. The Bertz CT molecular complexity index is 642. The molecule has 0 fully saturated rings. The summed E-state index contributed by atoms with van der Waals surface area (Å²) in [4.78, 5) is 15.3. The number of benzene rings is 1. The van der Waals surface area contributed by atoms with Crippen LogP contribution in [0.25, 0.3) is 0 Å². The lowest BCUT2D eigenvalue weighted by Gasteiger charge is -2.02. The van der Waals surface area contributed by atoms with E-state index in [1.807, 2.05) is 0 Å². The second-order valence-corrected chi connectivity index (χ2v) is 5.58. The monoisotopic (exact) mass is 298 g/mol. The van der Waals surface area contributed by atoms with Crippen molar-refractivity contribution in [2.45, 2.75) is 4.90 Å². The van der Waals surface area contributed by atoms with E-state index in [1.165, 1.54) is 6.07 Å². The minimum absolute atomic E-state index is 0.0495. The first-order valence-electron chi connectivity index (χ1n) is 5.80. The summed E-state index contributed by atoms with van der Waals surface area (Å²) in [5.74, 6) is 4.72. The summed E-state index contributed by atoms with van der Waals surface area (Å²) in [5.41, 5.74) is 2.69. The number of sulfonamides is 1. The highest BCUT2D eigenvalue weighted by atomic mass is 32.2. The Kier molecular flexibility index (Phi) is 4.32. The molecule has 0 bridgehead atoms. The maximum Gasteiger partial charge on any atom is 0.321 e. The van der Waals surface area contributed by atoms with Gasteiger partial charge in [-0.2, -0.15) is 0 Å². The quantitative estimate of drug-likeness (QED) is 0.270. The van der Waals surface area contributed by atoms with E-state index >= 15 is 0 Å². The van der Waals surface area contributed by atoms with Crippen LogP contribution in [0.4, 0.5) is 0 Å². The molecule has 0 unspecified atom stereocenters. The number of nitrogens with two attached hydrogens (primary N) is 1. The molecule has 8 nitrogen and oxygen atoms in total. The average molecular weight is 298 g/mol. The zero-order chi connectivity index (χ0) is 14.6. The molecule has 1 heterocycles. The number of aliphatic imine (C=N–C) groups is 1. The summed E-state index contributed by atoms with van der Waals surface area (Å²) in [5, 5.41) is 0. The first-order valence-corrected chi connectivity index (χ1v) is 7.28. The van der Waals surface area contributed by atoms with Gasteiger partial charge in [0.15, 0.2) is 0 Å². The predicted octanol–water partition coefficient (Wildman–Crippen LogP) is -1.27. The van der Waals surface area contributed by atoms with Gasteiger partial charge in [-0.05, 0) is 12.1 Å². The van der Waals surface area contributed by atoms with Crippen LogP contribution in [0.2, 0.25) is 0 Å². The maximum absolute atomic E-state index is 11.8. The van der Waals surface area contributed by atoms with Crippen LogP contribution in [0.15, 0.2) is 34.2 Å². The number of esters is 1. The van der Waals surface area contributed by atoms with E-state index in [9.17, 15) is 13.2 Å². The fourth-order valence-corrected chi connectivity index (χ4v) is 2.95. The SMILES string of the molecule is NNCC(=O)OCCN=C1NS(=O)(=O)c2ccccc21. The Balaban J connectivity index is 2.01. The van der Waals surface area contributed by atoms with Gasteiger partial charge in [0.1, 0.15) is 19.0 Å². The number of carbonyl (C=O) groups excluding carboxylic acids is 1. The van der Waals surface area contributed by atoms with Crippen LogP contribution in [0.1, 0.15) is 5.56 Å². The van der Waals surface area contributed by atoms with E-state index in [0.29, 0.717) is 5.56 Å². The number of carbonyl (C=O) groups is 1. The van der Waals surface area contributed by atoms with Crippen LogP contribution >= 0.6 is 0 Å². The summed E-state index contributed by atoms with van der Waals surface area (Å²) in [6.07, 6.45) is 0. The first kappa shape index (κ1) is 14.4. The molecule has 2 rings (SSSR count). The van der Waals surface area contributed by atoms with Gasteiger partial charge in [0.05, 0.1) is 11.4 Å². The highest BCUT2D eigenvalue weighted by Crippen LogP contribution is 2.21. The maximum atomic E-state index is 11.8. The lowest BCUT2D eigenvalue weighted by atomic mass is 10.2. The van der Waals surface area contributed by atoms with Crippen molar-refractivity contribution in [1.29, 1.82) is 0 Å². The lowest BCUT2D eigenvalue weighted by molar-refractivity contribution is -0.142. The molecule has 108 valence electrons. The number of hydrogen-bond acceptors (Lipinski definition) is 7. The number of hydrazine groups is 1. The Morgan fingerprint density at radius 2 is 2.15 bits per heavy atom. The number of fused-ring (bicyclic) bond motifs is 1. The van der Waals surface area contributed by atoms with Gasteiger partial charge in [0.2, 0.25) is 0 Å². The molecule has 4 N–H and O–H groups in total. The second-order valence-electron chi connectivity index (χ2n) is 3.93. The Morgan fingerprint density at radius 3 is 2.90 bits per heavy atom. The third kappa shape index (κ3) is 3.13. The van der Waals surface area contributed by atoms with E-state index < -0.39 is 16.0 Å². The van der Waals surface area contributed by atoms with Gasteiger partial charge in [-0.25, -0.2) is 13.8 Å². The molecule has 9 heteroatoms. The van der Waals surface area contributed by atoms with Gasteiger partial charge in [0.25, 0.3) is 10.0 Å². The molecular formula is C11H14N4O4S. The molecule has 0 atom stereocenters. The number of hydrogen-bond donors (Lipinski definition) is 3. The highest BCUT2D eigenvalue weighted by molar-refractivity contribution is 7.90. The third-order valence-electron chi connectivity index (χ3n) is 2.53. The topological polar surface area (TPSA) is 123 Å². The lowest BCUT2D eigenvalue weighted by Crippen LogP contribution is -2.30. The standard InChI is InChI=1S/C11H14N4O4S/c12-14-7-10(16)19-6-5-13-11-8-3-1-2-4-9(8)20(17,18)15-11/h1-4,14H,5-7,12H2,(H,13,15). The fraction of sp³-hybridized carbons (Fsp3) is 0.273. The molecule has 1 aromatic carbocycles. The zero-order valence-corrected chi connectivity index (χ0v) is 11.3. The van der Waals surface area contributed by atoms with Crippen molar-refractivity contribution in [3.05, 3.63) is 29.8 Å². The molecule has 0 aliphatic carbocycles. The molecule has 1 aliphatic rings. The van der Waals surface area contributed by atoms with Crippen molar-refractivity contribution >= 4 is 21.8 Å². The van der Waals surface area contributed by atoms with Crippen molar-refractivity contribution in [2.24, 2.45) is 10.8 Å². The molecule has 20 heavy (non-hydrogen) atoms. The average Bonchev–Trinajstić information content (AvgIpc) is 2.67. The largest absolute Gasteiger partial charge is 0.463 e. The predicted molar refractivity (Wildman–Crippen MR) is 71.3 cm³/mol. The summed E-state index contributed by atoms with van der Waals surface area (Å²) in [6.45, 7) is 0.114. The van der Waals surface area contributed by atoms with Gasteiger partial charge in [-0.15, -0.1) is 0 Å². The van der Waals surface area contributed by atoms with Crippen LogP contribution in [-0.2, 0) is 19.6 Å². The number of nitrogens with one attached hydrogen (secondary N) is 2. The molecule has 0 amide bonds. The normalized spacial score (nSPS) is 17.6. The Morgan fingerprint density at radius 1 is 1.40 bits per heavy atom. The minimum Gasteiger partial charge on any atom is -0.463 e. The van der Waals surface area contributed by atoms with Crippen LogP contribution in [0.5, 0.6) is 0 Å². The molecule has 0 saturated heterocycles. The summed E-state index contributed by atoms with van der Waals surface area (Å²) < 4.78 is 30.8. The molecule has 0 aromatic heterocycles. The smallest absolute Gasteiger partial charge is 0.321 e. The third-order valence-corrected chi connectivity index (χ3v) is 3.93. The van der Waals surface area contributed by atoms with Crippen molar-refractivity contribution < 1.29 is 17.9 Å². The van der Waals surface area contributed by atoms with E-state index in [0.717, 1.165) is 0 Å². The number of ether oxygens (including phenoxy) is 1. The van der Waals surface area contributed by atoms with E-state index in [4.69, 9.17) is 10.6 Å². The van der Waals surface area contributed by atoms with Crippen molar-refractivity contribution in [1.82, 2.24) is 10.1 Å². The molecule has 1 aliphatic heterocycles. The van der Waals surface area contributed by atoms with Gasteiger partial charge in [-0.3, -0.25) is 20.4 Å². The minimum atomic E-state index is -3.53.